The van der Waals surface area contributed by atoms with Gasteiger partial charge in [0.15, 0.2) is 0 Å². The molecule has 2 rings (SSSR count). The van der Waals surface area contributed by atoms with Crippen molar-refractivity contribution in [2.24, 2.45) is 11.8 Å². The highest BCUT2D eigenvalue weighted by molar-refractivity contribution is 7.81. The average Bonchev–Trinajstić information content (AvgIpc) is 2.52. The quantitative estimate of drug-likeness (QED) is 0.659. The number of rotatable bonds is 1. The Morgan fingerprint density at radius 2 is 2.15 bits per heavy atom. The standard InChI is InChI=1S/C9H18N2OS/c1-9(2)8-5-10-4-7(8)6-11(9)13(3)12/h7-8,10H,4-6H2,1-3H3. The fourth-order valence-electron chi connectivity index (χ4n) is 2.82. The van der Waals surface area contributed by atoms with Crippen molar-refractivity contribution in [1.29, 1.82) is 0 Å². The fraction of sp³-hybridized carbons (Fsp3) is 1.00. The molecule has 2 heterocycles. The van der Waals surface area contributed by atoms with Gasteiger partial charge in [0.25, 0.3) is 0 Å². The second-order valence-electron chi connectivity index (χ2n) is 4.66. The number of hydrogen-bond acceptors (Lipinski definition) is 2. The summed E-state index contributed by atoms with van der Waals surface area (Å²) in [6.07, 6.45) is 1.79. The van der Waals surface area contributed by atoms with Gasteiger partial charge < -0.3 is 5.32 Å². The molecule has 0 aromatic rings. The molecule has 1 N–H and O–H groups in total. The molecule has 2 fully saturated rings. The lowest BCUT2D eigenvalue weighted by molar-refractivity contribution is 0.243. The summed E-state index contributed by atoms with van der Waals surface area (Å²) in [7, 11) is -0.814. The van der Waals surface area contributed by atoms with Crippen LogP contribution in [0.1, 0.15) is 13.8 Å². The van der Waals surface area contributed by atoms with E-state index in [2.05, 4.69) is 23.5 Å². The van der Waals surface area contributed by atoms with Gasteiger partial charge in [-0.15, -0.1) is 0 Å². The summed E-state index contributed by atoms with van der Waals surface area (Å²) < 4.78 is 13.7. The SMILES string of the molecule is CS(=O)N1CC2CNCC2C1(C)C. The van der Waals surface area contributed by atoms with Crippen LogP contribution in [0.4, 0.5) is 0 Å². The summed E-state index contributed by atoms with van der Waals surface area (Å²) in [5.41, 5.74) is 0.105. The van der Waals surface area contributed by atoms with E-state index in [0.29, 0.717) is 11.8 Å². The normalized spacial score (nSPS) is 40.5. The van der Waals surface area contributed by atoms with Crippen LogP contribution in [0.25, 0.3) is 0 Å². The van der Waals surface area contributed by atoms with Gasteiger partial charge in [-0.3, -0.25) is 0 Å². The number of nitrogens with zero attached hydrogens (tertiary/aromatic N) is 1. The van der Waals surface area contributed by atoms with Gasteiger partial charge in [-0.05, 0) is 32.2 Å². The smallest absolute Gasteiger partial charge is 0.0916 e. The Hall–Kier alpha value is 0.0700. The highest BCUT2D eigenvalue weighted by atomic mass is 32.2. The van der Waals surface area contributed by atoms with Crippen LogP contribution in [0.2, 0.25) is 0 Å². The van der Waals surface area contributed by atoms with Crippen LogP contribution in [-0.4, -0.2) is 39.9 Å². The lowest BCUT2D eigenvalue weighted by atomic mass is 9.85. The first-order valence-corrected chi connectivity index (χ1v) is 6.37. The van der Waals surface area contributed by atoms with E-state index in [1.54, 1.807) is 6.26 Å². The van der Waals surface area contributed by atoms with Gasteiger partial charge in [0, 0.05) is 24.9 Å². The Balaban J connectivity index is 2.23. The van der Waals surface area contributed by atoms with E-state index in [0.717, 1.165) is 19.6 Å². The minimum Gasteiger partial charge on any atom is -0.316 e. The van der Waals surface area contributed by atoms with E-state index in [4.69, 9.17) is 0 Å². The van der Waals surface area contributed by atoms with E-state index in [9.17, 15) is 4.21 Å². The summed E-state index contributed by atoms with van der Waals surface area (Å²) in [5.74, 6) is 1.38. The average molecular weight is 202 g/mol. The Kier molecular flexibility index (Phi) is 2.25. The molecule has 0 saturated carbocycles. The maximum Gasteiger partial charge on any atom is 0.0916 e. The Morgan fingerprint density at radius 1 is 1.46 bits per heavy atom. The number of nitrogens with one attached hydrogen (secondary N) is 1. The van der Waals surface area contributed by atoms with Crippen molar-refractivity contribution in [2.45, 2.75) is 19.4 Å². The molecule has 0 amide bonds. The Morgan fingerprint density at radius 3 is 2.69 bits per heavy atom. The van der Waals surface area contributed by atoms with Crippen molar-refractivity contribution in [3.05, 3.63) is 0 Å². The molecule has 0 bridgehead atoms. The van der Waals surface area contributed by atoms with Gasteiger partial charge in [-0.1, -0.05) is 0 Å². The van der Waals surface area contributed by atoms with E-state index in [-0.39, 0.29) is 5.54 Å². The molecule has 3 atom stereocenters. The van der Waals surface area contributed by atoms with Gasteiger partial charge in [0.2, 0.25) is 0 Å². The number of hydrogen-bond donors (Lipinski definition) is 1. The highest BCUT2D eigenvalue weighted by Gasteiger charge is 2.50. The molecule has 2 aliphatic rings. The van der Waals surface area contributed by atoms with E-state index in [1.165, 1.54) is 0 Å². The molecule has 3 unspecified atom stereocenters. The highest BCUT2D eigenvalue weighted by Crippen LogP contribution is 2.40. The van der Waals surface area contributed by atoms with E-state index >= 15 is 0 Å². The number of fused-ring (bicyclic) bond motifs is 1. The topological polar surface area (TPSA) is 32.3 Å². The maximum atomic E-state index is 11.5. The maximum absolute atomic E-state index is 11.5. The van der Waals surface area contributed by atoms with Crippen molar-refractivity contribution in [3.8, 4) is 0 Å². The Bertz CT molecular complexity index is 242. The molecule has 0 aromatic heterocycles. The predicted octanol–water partition coefficient (Wildman–Crippen LogP) is 0.210. The zero-order valence-corrected chi connectivity index (χ0v) is 9.36. The molecular formula is C9H18N2OS. The van der Waals surface area contributed by atoms with E-state index in [1.807, 2.05) is 0 Å². The molecule has 0 spiro atoms. The van der Waals surface area contributed by atoms with Crippen molar-refractivity contribution in [1.82, 2.24) is 9.62 Å². The zero-order valence-electron chi connectivity index (χ0n) is 8.54. The molecule has 4 heteroatoms. The lowest BCUT2D eigenvalue weighted by Gasteiger charge is -2.33. The summed E-state index contributed by atoms with van der Waals surface area (Å²) in [4.78, 5) is 0. The van der Waals surface area contributed by atoms with Crippen LogP contribution >= 0.6 is 0 Å². The summed E-state index contributed by atoms with van der Waals surface area (Å²) in [6, 6.07) is 0. The van der Waals surface area contributed by atoms with Crippen LogP contribution in [0, 0.1) is 11.8 Å². The zero-order chi connectivity index (χ0) is 9.64. The molecular weight excluding hydrogens is 184 g/mol. The molecule has 3 nitrogen and oxygen atoms in total. The van der Waals surface area contributed by atoms with Crippen LogP contribution < -0.4 is 5.32 Å². The first kappa shape index (κ1) is 9.62. The first-order valence-electron chi connectivity index (χ1n) is 4.85. The molecule has 76 valence electrons. The van der Waals surface area contributed by atoms with Gasteiger partial charge in [-0.2, -0.15) is 0 Å². The third-order valence-corrected chi connectivity index (χ3v) is 4.84. The second kappa shape index (κ2) is 3.04. The molecule has 0 aromatic carbocycles. The summed E-state index contributed by atoms with van der Waals surface area (Å²) in [5, 5.41) is 3.41. The molecule has 13 heavy (non-hydrogen) atoms. The third kappa shape index (κ3) is 1.35. The minimum atomic E-state index is -0.814. The molecule has 0 radical (unpaired) electrons. The van der Waals surface area contributed by atoms with Crippen LogP contribution in [-0.2, 0) is 11.0 Å². The second-order valence-corrected chi connectivity index (χ2v) is 5.95. The monoisotopic (exact) mass is 202 g/mol. The van der Waals surface area contributed by atoms with Gasteiger partial charge in [-0.25, -0.2) is 8.51 Å². The van der Waals surface area contributed by atoms with Crippen molar-refractivity contribution in [3.63, 3.8) is 0 Å². The summed E-state index contributed by atoms with van der Waals surface area (Å²) in [6.45, 7) is 7.61. The molecule has 0 aliphatic carbocycles. The largest absolute Gasteiger partial charge is 0.316 e. The Labute approximate surface area is 82.5 Å². The van der Waals surface area contributed by atoms with Crippen LogP contribution in [0.5, 0.6) is 0 Å². The van der Waals surface area contributed by atoms with Gasteiger partial charge in [0.1, 0.15) is 0 Å². The van der Waals surface area contributed by atoms with Crippen LogP contribution in [0.3, 0.4) is 0 Å². The van der Waals surface area contributed by atoms with Crippen LogP contribution in [0.15, 0.2) is 0 Å². The molecule has 2 aliphatic heterocycles. The summed E-state index contributed by atoms with van der Waals surface area (Å²) >= 11 is 0. The first-order chi connectivity index (χ1) is 6.03. The van der Waals surface area contributed by atoms with Gasteiger partial charge >= 0.3 is 0 Å². The third-order valence-electron chi connectivity index (χ3n) is 3.60. The van der Waals surface area contributed by atoms with Crippen molar-refractivity contribution >= 4 is 11.0 Å². The fourth-order valence-corrected chi connectivity index (χ4v) is 4.02. The lowest BCUT2D eigenvalue weighted by Crippen LogP contribution is -2.44. The predicted molar refractivity (Wildman–Crippen MR) is 54.7 cm³/mol. The van der Waals surface area contributed by atoms with Crippen molar-refractivity contribution < 1.29 is 4.21 Å². The minimum absolute atomic E-state index is 0.105. The van der Waals surface area contributed by atoms with E-state index < -0.39 is 11.0 Å². The van der Waals surface area contributed by atoms with Crippen molar-refractivity contribution in [2.75, 3.05) is 25.9 Å². The molecule has 2 saturated heterocycles. The van der Waals surface area contributed by atoms with Gasteiger partial charge in [0.05, 0.1) is 11.0 Å².